The number of carbonyl (C=O) groups is 1. The summed E-state index contributed by atoms with van der Waals surface area (Å²) >= 11 is 0. The second-order valence-corrected chi connectivity index (χ2v) is 8.81. The quantitative estimate of drug-likeness (QED) is 0.382. The van der Waals surface area contributed by atoms with Crippen LogP contribution < -0.4 is 4.57 Å². The van der Waals surface area contributed by atoms with E-state index < -0.39 is 29.8 Å². The number of rotatable bonds is 8. The number of alkyl halides is 2. The molecule has 1 saturated carbocycles. The molecule has 0 saturated heterocycles. The van der Waals surface area contributed by atoms with Crippen molar-refractivity contribution in [1.29, 1.82) is 0 Å². The molecule has 5 nitrogen and oxygen atoms in total. The molecule has 1 aliphatic rings. The van der Waals surface area contributed by atoms with Gasteiger partial charge in [0.1, 0.15) is 12.4 Å². The predicted octanol–water partition coefficient (Wildman–Crippen LogP) is 4.31. The Hall–Kier alpha value is -2.28. The maximum atomic E-state index is 14.1. The molecule has 0 unspecified atom stereocenters. The molecule has 0 aliphatic heterocycles. The monoisotopic (exact) mass is 435 g/mol. The van der Waals surface area contributed by atoms with Crippen LogP contribution in [0.15, 0.2) is 42.7 Å². The second kappa shape index (κ2) is 9.47. The molecule has 0 amide bonds. The first-order valence-electron chi connectivity index (χ1n) is 11.0. The maximum absolute atomic E-state index is 14.1. The predicted molar refractivity (Wildman–Crippen MR) is 113 cm³/mol. The number of nitrogens with zero attached hydrogens (tertiary/aromatic N) is 2. The SMILES string of the molecule is Cc1n(C(C)C)cc[n+]1CCCOC(=O)[C@](O)(c1ccccc1)[C@H]1CCCC(F)(F)C1. The summed E-state index contributed by atoms with van der Waals surface area (Å²) in [7, 11) is 0. The molecule has 31 heavy (non-hydrogen) atoms. The van der Waals surface area contributed by atoms with E-state index in [-0.39, 0.29) is 19.4 Å². The first-order chi connectivity index (χ1) is 14.6. The van der Waals surface area contributed by atoms with Crippen LogP contribution in [0.2, 0.25) is 0 Å². The number of imidazole rings is 1. The number of halogens is 2. The molecular weight excluding hydrogens is 402 g/mol. The molecule has 2 aromatic rings. The molecule has 0 spiro atoms. The molecule has 0 bridgehead atoms. The van der Waals surface area contributed by atoms with E-state index in [1.807, 2.05) is 19.3 Å². The van der Waals surface area contributed by atoms with Crippen molar-refractivity contribution < 1.29 is 28.0 Å². The number of aryl methyl sites for hydroxylation is 1. The number of benzene rings is 1. The molecule has 7 heteroatoms. The summed E-state index contributed by atoms with van der Waals surface area (Å²) in [6.07, 6.45) is 4.45. The normalized spacial score (nSPS) is 20.4. The zero-order valence-corrected chi connectivity index (χ0v) is 18.6. The highest BCUT2D eigenvalue weighted by molar-refractivity contribution is 5.81. The van der Waals surface area contributed by atoms with Crippen LogP contribution >= 0.6 is 0 Å². The van der Waals surface area contributed by atoms with E-state index in [1.54, 1.807) is 30.3 Å². The minimum absolute atomic E-state index is 0.108. The van der Waals surface area contributed by atoms with Crippen molar-refractivity contribution in [3.63, 3.8) is 0 Å². The summed E-state index contributed by atoms with van der Waals surface area (Å²) in [5.74, 6) is -3.51. The largest absolute Gasteiger partial charge is 0.463 e. The van der Waals surface area contributed by atoms with Gasteiger partial charge in [0.15, 0.2) is 5.60 Å². The van der Waals surface area contributed by atoms with Gasteiger partial charge in [0.2, 0.25) is 5.92 Å². The van der Waals surface area contributed by atoms with Gasteiger partial charge >= 0.3 is 5.97 Å². The van der Waals surface area contributed by atoms with Gasteiger partial charge in [-0.25, -0.2) is 22.7 Å². The fourth-order valence-corrected chi connectivity index (χ4v) is 4.55. The van der Waals surface area contributed by atoms with Gasteiger partial charge in [-0.3, -0.25) is 0 Å². The highest BCUT2D eigenvalue weighted by Crippen LogP contribution is 2.45. The molecule has 170 valence electrons. The third kappa shape index (κ3) is 5.14. The maximum Gasteiger partial charge on any atom is 0.343 e. The van der Waals surface area contributed by atoms with Crippen molar-refractivity contribution in [3.8, 4) is 0 Å². The number of aromatic nitrogens is 2. The molecular formula is C24H33F2N2O3+. The van der Waals surface area contributed by atoms with Gasteiger partial charge in [0, 0.05) is 32.1 Å². The Bertz CT molecular complexity index is 882. The van der Waals surface area contributed by atoms with Crippen molar-refractivity contribution in [1.82, 2.24) is 4.57 Å². The molecule has 1 aliphatic carbocycles. The van der Waals surface area contributed by atoms with Crippen LogP contribution in [0, 0.1) is 12.8 Å². The number of hydrogen-bond acceptors (Lipinski definition) is 3. The summed E-state index contributed by atoms with van der Waals surface area (Å²) in [6, 6.07) is 8.69. The highest BCUT2D eigenvalue weighted by atomic mass is 19.3. The standard InChI is InChI=1S/C24H33F2N2O3/c1-18(2)28-15-14-27(19(28)3)13-8-16-31-22(29)24(30,20-9-5-4-6-10-20)21-11-7-12-23(25,26)17-21/h4-6,9-10,14-15,18,21,30H,7-8,11-13,16-17H2,1-3H3/q+1/t21-,24-/m0/s1. The summed E-state index contributed by atoms with van der Waals surface area (Å²) in [5.41, 5.74) is -1.77. The summed E-state index contributed by atoms with van der Waals surface area (Å²) in [6.45, 7) is 7.01. The molecule has 1 aromatic heterocycles. The lowest BCUT2D eigenvalue weighted by molar-refractivity contribution is -0.703. The molecule has 1 N–H and O–H groups in total. The lowest BCUT2D eigenvalue weighted by Gasteiger charge is -2.39. The van der Waals surface area contributed by atoms with Crippen molar-refractivity contribution in [3.05, 3.63) is 54.1 Å². The zero-order chi connectivity index (χ0) is 22.6. The van der Waals surface area contributed by atoms with Crippen LogP contribution in [0.4, 0.5) is 8.78 Å². The Morgan fingerprint density at radius 2 is 2.06 bits per heavy atom. The molecule has 3 rings (SSSR count). The Morgan fingerprint density at radius 1 is 1.35 bits per heavy atom. The minimum atomic E-state index is -2.89. The number of hydrogen-bond donors (Lipinski definition) is 1. The van der Waals surface area contributed by atoms with E-state index in [2.05, 4.69) is 23.0 Å². The van der Waals surface area contributed by atoms with E-state index in [0.717, 1.165) is 5.82 Å². The Kier molecular flexibility index (Phi) is 7.14. The topological polar surface area (TPSA) is 55.3 Å². The molecule has 1 fully saturated rings. The summed E-state index contributed by atoms with van der Waals surface area (Å²) in [4.78, 5) is 13.0. The average Bonchev–Trinajstić information content (AvgIpc) is 3.11. The second-order valence-electron chi connectivity index (χ2n) is 8.81. The van der Waals surface area contributed by atoms with Gasteiger partial charge in [0.25, 0.3) is 5.82 Å². The summed E-state index contributed by atoms with van der Waals surface area (Å²) < 4.78 is 37.9. The van der Waals surface area contributed by atoms with Crippen LogP contribution in [-0.4, -0.2) is 28.2 Å². The fraction of sp³-hybridized carbons (Fsp3) is 0.583. The van der Waals surface area contributed by atoms with E-state index >= 15 is 0 Å². The van der Waals surface area contributed by atoms with Gasteiger partial charge in [-0.2, -0.15) is 0 Å². The lowest BCUT2D eigenvalue weighted by atomic mass is 9.72. The third-order valence-corrected chi connectivity index (χ3v) is 6.29. The van der Waals surface area contributed by atoms with Crippen molar-refractivity contribution in [2.45, 2.75) is 77.0 Å². The Balaban J connectivity index is 1.68. The van der Waals surface area contributed by atoms with Gasteiger partial charge in [-0.05, 0) is 32.3 Å². The van der Waals surface area contributed by atoms with Gasteiger partial charge < -0.3 is 9.84 Å². The number of aliphatic hydroxyl groups is 1. The van der Waals surface area contributed by atoms with Crippen molar-refractivity contribution in [2.24, 2.45) is 5.92 Å². The fourth-order valence-electron chi connectivity index (χ4n) is 4.55. The highest BCUT2D eigenvalue weighted by Gasteiger charge is 2.52. The van der Waals surface area contributed by atoms with Crippen molar-refractivity contribution in [2.75, 3.05) is 6.61 Å². The van der Waals surface area contributed by atoms with E-state index in [1.165, 1.54) is 0 Å². The lowest BCUT2D eigenvalue weighted by Crippen LogP contribution is -2.48. The van der Waals surface area contributed by atoms with Crippen LogP contribution in [0.5, 0.6) is 0 Å². The van der Waals surface area contributed by atoms with Gasteiger partial charge in [-0.15, -0.1) is 0 Å². The van der Waals surface area contributed by atoms with Crippen molar-refractivity contribution >= 4 is 5.97 Å². The van der Waals surface area contributed by atoms with Crippen LogP contribution in [0.1, 0.15) is 63.4 Å². The van der Waals surface area contributed by atoms with Gasteiger partial charge in [-0.1, -0.05) is 30.3 Å². The minimum Gasteiger partial charge on any atom is -0.463 e. The number of carbonyl (C=O) groups excluding carboxylic acids is 1. The molecule has 1 aromatic carbocycles. The first kappa shape index (κ1) is 23.4. The Morgan fingerprint density at radius 3 is 2.68 bits per heavy atom. The average molecular weight is 436 g/mol. The Labute approximate surface area is 182 Å². The van der Waals surface area contributed by atoms with Crippen LogP contribution in [-0.2, 0) is 21.7 Å². The summed E-state index contributed by atoms with van der Waals surface area (Å²) in [5, 5.41) is 11.4. The van der Waals surface area contributed by atoms with E-state index in [0.29, 0.717) is 31.0 Å². The number of ether oxygens (including phenoxy) is 1. The smallest absolute Gasteiger partial charge is 0.343 e. The molecule has 1 heterocycles. The molecule has 0 radical (unpaired) electrons. The third-order valence-electron chi connectivity index (χ3n) is 6.29. The first-order valence-corrected chi connectivity index (χ1v) is 11.0. The van der Waals surface area contributed by atoms with E-state index in [9.17, 15) is 18.7 Å². The molecule has 2 atom stereocenters. The van der Waals surface area contributed by atoms with E-state index in [4.69, 9.17) is 4.74 Å². The van der Waals surface area contributed by atoms with Crippen LogP contribution in [0.25, 0.3) is 0 Å². The number of esters is 1. The zero-order valence-electron chi connectivity index (χ0n) is 18.6. The van der Waals surface area contributed by atoms with Gasteiger partial charge in [0.05, 0.1) is 19.2 Å². The van der Waals surface area contributed by atoms with Crippen LogP contribution in [0.3, 0.4) is 0 Å².